The molecule has 4 aromatic carbocycles. The highest BCUT2D eigenvalue weighted by Gasteiger charge is 2.13. The standard InChI is InChI=1S/C26H37NO3.C19H32O.C7H7NO2/c1-2-23-18-20-24(21-19-23)15-11-9-7-5-3-4-6-8-10-14-22-30-26-17-13-12-16-25(26)27(28)29;1-3-4-5-6-7-8-9-10-11-14-17-20-19-16-13-12-15-18(19)2;1-6-4-2-3-5-7(6)8(9)10/h12-13,16-21H,2-11,14-15,22H2,1H3;12-13,15-16H,3-11,14,17H2,1-2H3;2-5H,1H3. The van der Waals surface area contributed by atoms with Crippen molar-refractivity contribution >= 4 is 11.4 Å². The first-order valence-electron chi connectivity index (χ1n) is 23.1. The predicted molar refractivity (Wildman–Crippen MR) is 251 cm³/mol. The molecule has 0 radical (unpaired) electrons. The van der Waals surface area contributed by atoms with Crippen molar-refractivity contribution in [2.24, 2.45) is 0 Å². The van der Waals surface area contributed by atoms with E-state index in [1.54, 1.807) is 43.3 Å². The minimum atomic E-state index is -0.390. The van der Waals surface area contributed by atoms with Crippen LogP contribution in [0, 0.1) is 34.1 Å². The summed E-state index contributed by atoms with van der Waals surface area (Å²) in [4.78, 5) is 20.4. The number of nitro benzene ring substituents is 2. The maximum Gasteiger partial charge on any atom is 0.310 e. The van der Waals surface area contributed by atoms with Crippen molar-refractivity contribution in [2.75, 3.05) is 13.2 Å². The molecule has 0 N–H and O–H groups in total. The van der Waals surface area contributed by atoms with Crippen molar-refractivity contribution in [3.63, 3.8) is 0 Å². The largest absolute Gasteiger partial charge is 0.493 e. The lowest BCUT2D eigenvalue weighted by molar-refractivity contribution is -0.385. The first-order chi connectivity index (χ1) is 29.3. The van der Waals surface area contributed by atoms with Crippen LogP contribution < -0.4 is 9.47 Å². The van der Waals surface area contributed by atoms with Crippen molar-refractivity contribution in [1.29, 1.82) is 0 Å². The smallest absolute Gasteiger partial charge is 0.310 e. The normalized spacial score (nSPS) is 10.5. The Labute approximate surface area is 362 Å². The first kappa shape index (κ1) is 51.4. The Morgan fingerprint density at radius 1 is 0.417 bits per heavy atom. The molecule has 8 nitrogen and oxygen atoms in total. The molecule has 330 valence electrons. The van der Waals surface area contributed by atoms with Gasteiger partial charge in [0.25, 0.3) is 5.69 Å². The number of nitrogens with zero attached hydrogens (tertiary/aromatic N) is 2. The van der Waals surface area contributed by atoms with Crippen LogP contribution in [0.15, 0.2) is 97.1 Å². The van der Waals surface area contributed by atoms with Crippen molar-refractivity contribution in [3.05, 3.63) is 140 Å². The molecule has 0 fully saturated rings. The number of unbranched alkanes of at least 4 members (excludes halogenated alkanes) is 18. The van der Waals surface area contributed by atoms with Gasteiger partial charge >= 0.3 is 5.69 Å². The van der Waals surface area contributed by atoms with Crippen LogP contribution in [0.1, 0.15) is 165 Å². The molecule has 0 saturated heterocycles. The Balaban J connectivity index is 0.000000352. The first-order valence-corrected chi connectivity index (χ1v) is 23.1. The van der Waals surface area contributed by atoms with Gasteiger partial charge in [-0.3, -0.25) is 20.2 Å². The van der Waals surface area contributed by atoms with E-state index in [9.17, 15) is 20.2 Å². The summed E-state index contributed by atoms with van der Waals surface area (Å²) in [6.45, 7) is 9.71. The van der Waals surface area contributed by atoms with E-state index >= 15 is 0 Å². The Bertz CT molecular complexity index is 1690. The van der Waals surface area contributed by atoms with Gasteiger partial charge < -0.3 is 9.47 Å². The average molecular weight is 825 g/mol. The molecule has 0 aromatic heterocycles. The van der Waals surface area contributed by atoms with Gasteiger partial charge in [-0.2, -0.15) is 0 Å². The fourth-order valence-corrected chi connectivity index (χ4v) is 6.96. The van der Waals surface area contributed by atoms with Gasteiger partial charge in [-0.15, -0.1) is 0 Å². The molecule has 0 spiro atoms. The minimum absolute atomic E-state index is 0.0481. The third kappa shape index (κ3) is 24.4. The Morgan fingerprint density at radius 3 is 1.25 bits per heavy atom. The molecule has 0 unspecified atom stereocenters. The van der Waals surface area contributed by atoms with Gasteiger partial charge in [-0.1, -0.05) is 196 Å². The maximum absolute atomic E-state index is 11.0. The third-order valence-electron chi connectivity index (χ3n) is 10.8. The van der Waals surface area contributed by atoms with Gasteiger partial charge in [0.05, 0.1) is 23.1 Å². The van der Waals surface area contributed by atoms with E-state index in [0.717, 1.165) is 31.6 Å². The number of hydrogen-bond acceptors (Lipinski definition) is 6. The van der Waals surface area contributed by atoms with Gasteiger partial charge in [0.15, 0.2) is 5.75 Å². The number of para-hydroxylation sites is 4. The molecular formula is C52H76N2O6. The van der Waals surface area contributed by atoms with Gasteiger partial charge in [-0.05, 0) is 74.8 Å². The topological polar surface area (TPSA) is 105 Å². The molecule has 4 aromatic rings. The van der Waals surface area contributed by atoms with Crippen molar-refractivity contribution < 1.29 is 19.3 Å². The van der Waals surface area contributed by atoms with E-state index in [4.69, 9.17) is 9.47 Å². The van der Waals surface area contributed by atoms with Gasteiger partial charge in [-0.25, -0.2) is 0 Å². The summed E-state index contributed by atoms with van der Waals surface area (Å²) in [7, 11) is 0. The summed E-state index contributed by atoms with van der Waals surface area (Å²) >= 11 is 0. The average Bonchev–Trinajstić information content (AvgIpc) is 3.26. The number of rotatable bonds is 29. The van der Waals surface area contributed by atoms with E-state index < -0.39 is 0 Å². The van der Waals surface area contributed by atoms with Crippen molar-refractivity contribution in [2.45, 2.75) is 169 Å². The molecule has 0 atom stereocenters. The minimum Gasteiger partial charge on any atom is -0.493 e. The zero-order chi connectivity index (χ0) is 43.5. The second kappa shape index (κ2) is 34.0. The molecule has 0 aliphatic heterocycles. The lowest BCUT2D eigenvalue weighted by Gasteiger charge is -2.08. The fourth-order valence-electron chi connectivity index (χ4n) is 6.96. The van der Waals surface area contributed by atoms with Gasteiger partial charge in [0.2, 0.25) is 0 Å². The molecular weight excluding hydrogens is 749 g/mol. The molecule has 60 heavy (non-hydrogen) atoms. The van der Waals surface area contributed by atoms with Crippen molar-refractivity contribution in [3.8, 4) is 11.5 Å². The second-order valence-electron chi connectivity index (χ2n) is 15.9. The monoisotopic (exact) mass is 825 g/mol. The number of benzene rings is 4. The van der Waals surface area contributed by atoms with Crippen molar-refractivity contribution in [1.82, 2.24) is 0 Å². The molecule has 8 heteroatoms. The lowest BCUT2D eigenvalue weighted by atomic mass is 10.0. The van der Waals surface area contributed by atoms with Crippen LogP contribution in [0.5, 0.6) is 11.5 Å². The molecule has 0 aliphatic rings. The number of nitro groups is 2. The third-order valence-corrected chi connectivity index (χ3v) is 10.8. The zero-order valence-corrected chi connectivity index (χ0v) is 37.6. The summed E-state index contributed by atoms with van der Waals surface area (Å²) in [5, 5.41) is 21.2. The Kier molecular flexibility index (Phi) is 29.2. The van der Waals surface area contributed by atoms with E-state index in [1.165, 1.54) is 151 Å². The summed E-state index contributed by atoms with van der Waals surface area (Å²) in [6, 6.07) is 30.6. The van der Waals surface area contributed by atoms with E-state index in [1.807, 2.05) is 6.07 Å². The van der Waals surface area contributed by atoms with Crippen LogP contribution in [0.4, 0.5) is 11.4 Å². The second-order valence-corrected chi connectivity index (χ2v) is 15.9. The molecule has 0 bridgehead atoms. The SMILES string of the molecule is CCCCCCCCCCCCOc1ccccc1C.CCc1ccc(CCCCCCCCCCCCOc2ccccc2[N+](=O)[O-])cc1.Cc1ccccc1[N+](=O)[O-]. The maximum atomic E-state index is 11.0. The van der Waals surface area contributed by atoms with Crippen LogP contribution >= 0.6 is 0 Å². The van der Waals surface area contributed by atoms with Crippen LogP contribution in [-0.2, 0) is 12.8 Å². The van der Waals surface area contributed by atoms with E-state index in [2.05, 4.69) is 63.2 Å². The summed E-state index contributed by atoms with van der Waals surface area (Å²) in [5.74, 6) is 1.42. The lowest BCUT2D eigenvalue weighted by Crippen LogP contribution is -2.00. The Hall–Kier alpha value is -4.72. The predicted octanol–water partition coefficient (Wildman–Crippen LogP) is 15.9. The van der Waals surface area contributed by atoms with Gasteiger partial charge in [0, 0.05) is 17.7 Å². The molecule has 4 rings (SSSR count). The molecule has 0 heterocycles. The molecule has 0 aliphatic carbocycles. The van der Waals surface area contributed by atoms with Crippen LogP contribution in [0.3, 0.4) is 0 Å². The van der Waals surface area contributed by atoms with E-state index in [-0.39, 0.29) is 21.2 Å². The number of ether oxygens (including phenoxy) is 2. The molecule has 0 saturated carbocycles. The van der Waals surface area contributed by atoms with Crippen LogP contribution in [0.25, 0.3) is 0 Å². The van der Waals surface area contributed by atoms with E-state index in [0.29, 0.717) is 17.9 Å². The highest BCUT2D eigenvalue weighted by molar-refractivity contribution is 5.45. The Morgan fingerprint density at radius 2 is 0.800 bits per heavy atom. The highest BCUT2D eigenvalue weighted by atomic mass is 16.6. The number of aryl methyl sites for hydroxylation is 4. The summed E-state index contributed by atoms with van der Waals surface area (Å²) < 4.78 is 11.4. The van der Waals surface area contributed by atoms with Crippen LogP contribution in [0.2, 0.25) is 0 Å². The summed E-state index contributed by atoms with van der Waals surface area (Å²) in [6.07, 6.45) is 28.6. The zero-order valence-electron chi connectivity index (χ0n) is 37.6. The number of hydrogen-bond donors (Lipinski definition) is 0. The summed E-state index contributed by atoms with van der Waals surface area (Å²) in [5.41, 5.74) is 5.06. The molecule has 0 amide bonds. The fraction of sp³-hybridized carbons (Fsp3) is 0.538. The highest BCUT2D eigenvalue weighted by Crippen LogP contribution is 2.26. The van der Waals surface area contributed by atoms with Gasteiger partial charge in [0.1, 0.15) is 5.75 Å². The quantitative estimate of drug-likeness (QED) is 0.0307. The van der Waals surface area contributed by atoms with Crippen LogP contribution in [-0.4, -0.2) is 23.1 Å².